The van der Waals surface area contributed by atoms with E-state index in [1.54, 1.807) is 18.2 Å². The van der Waals surface area contributed by atoms with E-state index < -0.39 is 10.8 Å². The van der Waals surface area contributed by atoms with Gasteiger partial charge in [-0.25, -0.2) is 0 Å². The Balaban J connectivity index is 2.21. The minimum absolute atomic E-state index is 0.0747. The molecule has 0 saturated heterocycles. The summed E-state index contributed by atoms with van der Waals surface area (Å²) < 4.78 is 5.42. The molecule has 0 saturated carbocycles. The number of carbonyl (C=O) groups is 1. The minimum atomic E-state index is -0.522. The van der Waals surface area contributed by atoms with Crippen molar-refractivity contribution in [1.82, 2.24) is 0 Å². The van der Waals surface area contributed by atoms with E-state index in [0.717, 1.165) is 0 Å². The van der Waals surface area contributed by atoms with Crippen LogP contribution in [0.2, 0.25) is 5.02 Å². The first-order valence-electron chi connectivity index (χ1n) is 6.49. The van der Waals surface area contributed by atoms with Crippen molar-refractivity contribution in [3.8, 4) is 5.75 Å². The molecule has 0 spiro atoms. The summed E-state index contributed by atoms with van der Waals surface area (Å²) in [4.78, 5) is 22.3. The van der Waals surface area contributed by atoms with Gasteiger partial charge in [0, 0.05) is 22.7 Å². The molecule has 0 aliphatic heterocycles. The monoisotopic (exact) mass is 320 g/mol. The van der Waals surface area contributed by atoms with Crippen molar-refractivity contribution in [2.24, 2.45) is 0 Å². The third-order valence-electron chi connectivity index (χ3n) is 2.83. The summed E-state index contributed by atoms with van der Waals surface area (Å²) in [5, 5.41) is 13.7. The number of hydrogen-bond acceptors (Lipinski definition) is 4. The number of nitrogens with one attached hydrogen (secondary N) is 1. The average molecular weight is 321 g/mol. The minimum Gasteiger partial charge on any atom is -0.492 e. The number of nitro benzene ring substituents is 1. The summed E-state index contributed by atoms with van der Waals surface area (Å²) in [7, 11) is 0. The molecule has 0 atom stereocenters. The van der Waals surface area contributed by atoms with Gasteiger partial charge in [0.25, 0.3) is 11.6 Å². The first kappa shape index (κ1) is 15.8. The molecule has 6 nitrogen and oxygen atoms in total. The number of nitrogens with zero attached hydrogens (tertiary/aromatic N) is 1. The quantitative estimate of drug-likeness (QED) is 0.669. The second-order valence-electron chi connectivity index (χ2n) is 4.33. The van der Waals surface area contributed by atoms with E-state index in [2.05, 4.69) is 5.32 Å². The van der Waals surface area contributed by atoms with Gasteiger partial charge in [-0.2, -0.15) is 0 Å². The summed E-state index contributed by atoms with van der Waals surface area (Å²) in [6, 6.07) is 10.2. The smallest absolute Gasteiger partial charge is 0.269 e. The molecule has 2 aromatic rings. The lowest BCUT2D eigenvalue weighted by molar-refractivity contribution is -0.384. The van der Waals surface area contributed by atoms with Crippen LogP contribution in [0.4, 0.5) is 11.4 Å². The van der Waals surface area contributed by atoms with Gasteiger partial charge >= 0.3 is 0 Å². The van der Waals surface area contributed by atoms with Crippen LogP contribution in [-0.4, -0.2) is 17.4 Å². The largest absolute Gasteiger partial charge is 0.492 e. The molecule has 0 aliphatic rings. The predicted molar refractivity (Wildman–Crippen MR) is 83.7 cm³/mol. The van der Waals surface area contributed by atoms with E-state index in [1.807, 2.05) is 6.92 Å². The van der Waals surface area contributed by atoms with Gasteiger partial charge in [0.15, 0.2) is 0 Å². The Bertz CT molecular complexity index is 701. The highest BCUT2D eigenvalue weighted by Gasteiger charge is 2.12. The van der Waals surface area contributed by atoms with Crippen molar-refractivity contribution in [2.75, 3.05) is 11.9 Å². The lowest BCUT2D eigenvalue weighted by atomic mass is 10.2. The van der Waals surface area contributed by atoms with E-state index in [4.69, 9.17) is 16.3 Å². The number of nitro groups is 1. The zero-order valence-electron chi connectivity index (χ0n) is 11.7. The number of anilines is 1. The molecular weight excluding hydrogens is 308 g/mol. The van der Waals surface area contributed by atoms with Gasteiger partial charge in [-0.1, -0.05) is 11.6 Å². The first-order chi connectivity index (χ1) is 10.5. The van der Waals surface area contributed by atoms with Crippen LogP contribution in [0.15, 0.2) is 42.5 Å². The number of rotatable bonds is 5. The van der Waals surface area contributed by atoms with Gasteiger partial charge in [0.2, 0.25) is 0 Å². The number of carbonyl (C=O) groups excluding carboxylic acids is 1. The molecule has 7 heteroatoms. The van der Waals surface area contributed by atoms with E-state index >= 15 is 0 Å². The molecular formula is C15H13ClN2O4. The molecule has 22 heavy (non-hydrogen) atoms. The molecule has 0 radical (unpaired) electrons. The standard InChI is InChI=1S/C15H13ClN2O4/c1-2-22-14-8-5-11(16)9-13(14)17-15(19)10-3-6-12(7-4-10)18(20)21/h3-9H,2H2,1H3,(H,17,19). The average Bonchev–Trinajstić information content (AvgIpc) is 2.50. The van der Waals surface area contributed by atoms with Crippen LogP contribution in [0.25, 0.3) is 0 Å². The normalized spacial score (nSPS) is 10.1. The topological polar surface area (TPSA) is 81.5 Å². The zero-order chi connectivity index (χ0) is 16.1. The van der Waals surface area contributed by atoms with Crippen LogP contribution in [0.5, 0.6) is 5.75 Å². The fraction of sp³-hybridized carbons (Fsp3) is 0.133. The van der Waals surface area contributed by atoms with E-state index in [-0.39, 0.29) is 5.69 Å². The van der Waals surface area contributed by atoms with Crippen LogP contribution in [0.1, 0.15) is 17.3 Å². The third kappa shape index (κ3) is 3.73. The Hall–Kier alpha value is -2.60. The Labute approximate surface area is 131 Å². The van der Waals surface area contributed by atoms with Crippen molar-refractivity contribution in [2.45, 2.75) is 6.92 Å². The van der Waals surface area contributed by atoms with Crippen LogP contribution < -0.4 is 10.1 Å². The number of amides is 1. The zero-order valence-corrected chi connectivity index (χ0v) is 12.5. The maximum absolute atomic E-state index is 12.2. The van der Waals surface area contributed by atoms with Gasteiger partial charge in [-0.3, -0.25) is 14.9 Å². The molecule has 1 N–H and O–H groups in total. The molecule has 2 aromatic carbocycles. The van der Waals surface area contributed by atoms with Gasteiger partial charge < -0.3 is 10.1 Å². The summed E-state index contributed by atoms with van der Waals surface area (Å²) in [6.45, 7) is 2.28. The molecule has 0 aromatic heterocycles. The van der Waals surface area contributed by atoms with Crippen molar-refractivity contribution >= 4 is 28.9 Å². The third-order valence-corrected chi connectivity index (χ3v) is 3.07. The van der Waals surface area contributed by atoms with E-state index in [9.17, 15) is 14.9 Å². The lowest BCUT2D eigenvalue weighted by Gasteiger charge is -2.12. The van der Waals surface area contributed by atoms with Crippen molar-refractivity contribution in [1.29, 1.82) is 0 Å². The fourth-order valence-corrected chi connectivity index (χ4v) is 1.98. The SMILES string of the molecule is CCOc1ccc(Cl)cc1NC(=O)c1ccc([N+](=O)[O-])cc1. The number of benzene rings is 2. The fourth-order valence-electron chi connectivity index (χ4n) is 1.81. The van der Waals surface area contributed by atoms with Gasteiger partial charge in [-0.05, 0) is 37.3 Å². The second kappa shape index (κ2) is 6.91. The maximum atomic E-state index is 12.2. The van der Waals surface area contributed by atoms with Crippen molar-refractivity contribution in [3.05, 3.63) is 63.2 Å². The maximum Gasteiger partial charge on any atom is 0.269 e. The lowest BCUT2D eigenvalue weighted by Crippen LogP contribution is -2.13. The molecule has 0 unspecified atom stereocenters. The first-order valence-corrected chi connectivity index (χ1v) is 6.87. The predicted octanol–water partition coefficient (Wildman–Crippen LogP) is 3.90. The van der Waals surface area contributed by atoms with Gasteiger partial charge in [0.05, 0.1) is 17.2 Å². The highest BCUT2D eigenvalue weighted by Crippen LogP contribution is 2.28. The highest BCUT2D eigenvalue weighted by atomic mass is 35.5. The van der Waals surface area contributed by atoms with E-state index in [0.29, 0.717) is 28.6 Å². The molecule has 0 bridgehead atoms. The molecule has 114 valence electrons. The number of ether oxygens (including phenoxy) is 1. The van der Waals surface area contributed by atoms with Crippen LogP contribution >= 0.6 is 11.6 Å². The summed E-state index contributed by atoms with van der Waals surface area (Å²) in [5.74, 6) is 0.0975. The van der Waals surface area contributed by atoms with Gasteiger partial charge in [-0.15, -0.1) is 0 Å². The molecule has 2 rings (SSSR count). The Morgan fingerprint density at radius 2 is 1.95 bits per heavy atom. The summed E-state index contributed by atoms with van der Waals surface area (Å²) in [6.07, 6.45) is 0. The molecule has 1 amide bonds. The highest BCUT2D eigenvalue weighted by molar-refractivity contribution is 6.31. The summed E-state index contributed by atoms with van der Waals surface area (Å²) >= 11 is 5.92. The van der Waals surface area contributed by atoms with Crippen LogP contribution in [0, 0.1) is 10.1 Å². The van der Waals surface area contributed by atoms with Gasteiger partial charge in [0.1, 0.15) is 5.75 Å². The molecule has 0 aliphatic carbocycles. The van der Waals surface area contributed by atoms with Crippen molar-refractivity contribution < 1.29 is 14.5 Å². The summed E-state index contributed by atoms with van der Waals surface area (Å²) in [5.41, 5.74) is 0.667. The van der Waals surface area contributed by atoms with Crippen LogP contribution in [0.3, 0.4) is 0 Å². The number of halogens is 1. The van der Waals surface area contributed by atoms with Crippen molar-refractivity contribution in [3.63, 3.8) is 0 Å². The molecule has 0 fully saturated rings. The number of hydrogen-bond donors (Lipinski definition) is 1. The Morgan fingerprint density at radius 3 is 2.55 bits per heavy atom. The second-order valence-corrected chi connectivity index (χ2v) is 4.77. The molecule has 0 heterocycles. The van der Waals surface area contributed by atoms with E-state index in [1.165, 1.54) is 24.3 Å². The Morgan fingerprint density at radius 1 is 1.27 bits per heavy atom. The van der Waals surface area contributed by atoms with Crippen LogP contribution in [-0.2, 0) is 0 Å². The number of non-ortho nitro benzene ring substituents is 1. The Kier molecular flexibility index (Phi) is 4.95.